The van der Waals surface area contributed by atoms with E-state index in [1.54, 1.807) is 0 Å². The molecule has 0 saturated heterocycles. The number of nitrogens with two attached hydrogens (primary N) is 1. The topological polar surface area (TPSA) is 73.6 Å². The van der Waals surface area contributed by atoms with Gasteiger partial charge in [-0.2, -0.15) is 0 Å². The van der Waals surface area contributed by atoms with Gasteiger partial charge in [0.05, 0.1) is 5.02 Å². The van der Waals surface area contributed by atoms with E-state index in [0.29, 0.717) is 48.1 Å². The standard InChI is InChI=1S/C19H25ClN2O3.ClH/c20-15-6-11(7-16-18(15)25-5-4-24-16)10-22-19(23)14-8-12-2-1-3-13(9-14)17(12)21;/h6-7,12-14,17H,1-5,8-10,21H2,(H,22,23);1H. The van der Waals surface area contributed by atoms with Gasteiger partial charge in [0.2, 0.25) is 5.91 Å². The van der Waals surface area contributed by atoms with E-state index in [2.05, 4.69) is 5.32 Å². The van der Waals surface area contributed by atoms with Crippen LogP contribution in [-0.4, -0.2) is 25.2 Å². The van der Waals surface area contributed by atoms with E-state index in [-0.39, 0.29) is 30.3 Å². The highest BCUT2D eigenvalue weighted by Gasteiger charge is 2.40. The van der Waals surface area contributed by atoms with Crippen LogP contribution in [0.2, 0.25) is 5.02 Å². The number of fused-ring (bicyclic) bond motifs is 3. The lowest BCUT2D eigenvalue weighted by molar-refractivity contribution is -0.128. The molecular weight excluding hydrogens is 375 g/mol. The second-order valence-electron chi connectivity index (χ2n) is 7.52. The van der Waals surface area contributed by atoms with Gasteiger partial charge in [0.1, 0.15) is 13.2 Å². The van der Waals surface area contributed by atoms with E-state index in [4.69, 9.17) is 26.8 Å². The number of rotatable bonds is 3. The Morgan fingerprint density at radius 3 is 2.62 bits per heavy atom. The lowest BCUT2D eigenvalue weighted by Gasteiger charge is -2.43. The molecule has 5 nitrogen and oxygen atoms in total. The number of carbonyl (C=O) groups excluding carboxylic acids is 1. The summed E-state index contributed by atoms with van der Waals surface area (Å²) in [7, 11) is 0. The van der Waals surface area contributed by atoms with Crippen LogP contribution in [0, 0.1) is 17.8 Å². The zero-order valence-electron chi connectivity index (χ0n) is 14.7. The van der Waals surface area contributed by atoms with E-state index < -0.39 is 0 Å². The average molecular weight is 401 g/mol. The maximum absolute atomic E-state index is 12.6. The minimum atomic E-state index is 0. The van der Waals surface area contributed by atoms with Gasteiger partial charge in [0.25, 0.3) is 0 Å². The molecule has 3 N–H and O–H groups in total. The highest BCUT2D eigenvalue weighted by Crippen LogP contribution is 2.42. The third kappa shape index (κ3) is 3.90. The molecule has 3 aliphatic rings. The van der Waals surface area contributed by atoms with Crippen LogP contribution < -0.4 is 20.5 Å². The van der Waals surface area contributed by atoms with Crippen molar-refractivity contribution < 1.29 is 14.3 Å². The third-order valence-corrected chi connectivity index (χ3v) is 6.19. The fourth-order valence-electron chi connectivity index (χ4n) is 4.60. The molecule has 2 atom stereocenters. The zero-order valence-corrected chi connectivity index (χ0v) is 16.3. The van der Waals surface area contributed by atoms with Crippen LogP contribution in [0.25, 0.3) is 0 Å². The number of nitrogens with one attached hydrogen (secondary N) is 1. The summed E-state index contributed by atoms with van der Waals surface area (Å²) in [6, 6.07) is 4.02. The highest BCUT2D eigenvalue weighted by molar-refractivity contribution is 6.32. The maximum atomic E-state index is 12.6. The molecule has 2 bridgehead atoms. The van der Waals surface area contributed by atoms with Crippen LogP contribution in [0.15, 0.2) is 12.1 Å². The SMILES string of the molecule is Cl.NC1C2CCCC1CC(C(=O)NCc1cc(Cl)c3c(c1)OCCO3)C2. The van der Waals surface area contributed by atoms with Crippen molar-refractivity contribution in [1.82, 2.24) is 5.32 Å². The van der Waals surface area contributed by atoms with Crippen molar-refractivity contribution in [2.45, 2.75) is 44.7 Å². The van der Waals surface area contributed by atoms with Crippen molar-refractivity contribution >= 4 is 29.9 Å². The van der Waals surface area contributed by atoms with Crippen LogP contribution in [-0.2, 0) is 11.3 Å². The van der Waals surface area contributed by atoms with Crippen LogP contribution in [0.5, 0.6) is 11.5 Å². The van der Waals surface area contributed by atoms with Gasteiger partial charge in [-0.25, -0.2) is 0 Å². The van der Waals surface area contributed by atoms with Gasteiger partial charge in [-0.15, -0.1) is 12.4 Å². The molecule has 1 aliphatic heterocycles. The Bertz CT molecular complexity index is 656. The van der Waals surface area contributed by atoms with Crippen LogP contribution in [0.1, 0.15) is 37.7 Å². The molecule has 26 heavy (non-hydrogen) atoms. The minimum absolute atomic E-state index is 0. The summed E-state index contributed by atoms with van der Waals surface area (Å²) in [6.45, 7) is 1.48. The molecule has 7 heteroatoms. The molecule has 1 aromatic rings. The molecule has 144 valence electrons. The number of benzene rings is 1. The first-order valence-electron chi connectivity index (χ1n) is 9.23. The zero-order chi connectivity index (χ0) is 17.4. The second kappa shape index (κ2) is 8.24. The Morgan fingerprint density at radius 1 is 1.19 bits per heavy atom. The molecule has 0 aromatic heterocycles. The summed E-state index contributed by atoms with van der Waals surface area (Å²) in [5.74, 6) is 2.48. The van der Waals surface area contributed by atoms with Crippen LogP contribution in [0.4, 0.5) is 0 Å². The number of hydrogen-bond donors (Lipinski definition) is 2. The summed E-state index contributed by atoms with van der Waals surface area (Å²) >= 11 is 6.26. The Kier molecular flexibility index (Phi) is 6.21. The average Bonchev–Trinajstić information content (AvgIpc) is 2.59. The van der Waals surface area contributed by atoms with Crippen molar-refractivity contribution in [1.29, 1.82) is 0 Å². The Labute approximate surface area is 165 Å². The molecule has 4 rings (SSSR count). The number of hydrogen-bond acceptors (Lipinski definition) is 4. The molecule has 1 amide bonds. The van der Waals surface area contributed by atoms with Gasteiger partial charge < -0.3 is 20.5 Å². The Morgan fingerprint density at radius 2 is 1.88 bits per heavy atom. The first-order valence-corrected chi connectivity index (χ1v) is 9.61. The second-order valence-corrected chi connectivity index (χ2v) is 7.92. The number of ether oxygens (including phenoxy) is 2. The number of amides is 1. The number of carbonyl (C=O) groups is 1. The van der Waals surface area contributed by atoms with Crippen LogP contribution in [0.3, 0.4) is 0 Å². The molecule has 2 aliphatic carbocycles. The number of halogens is 2. The highest BCUT2D eigenvalue weighted by atomic mass is 35.5. The normalized spacial score (nSPS) is 29.5. The van der Waals surface area contributed by atoms with Crippen molar-refractivity contribution in [2.24, 2.45) is 23.5 Å². The summed E-state index contributed by atoms with van der Waals surface area (Å²) in [5, 5.41) is 3.60. The van der Waals surface area contributed by atoms with E-state index in [0.717, 1.165) is 18.4 Å². The van der Waals surface area contributed by atoms with Crippen molar-refractivity contribution in [3.8, 4) is 11.5 Å². The first-order chi connectivity index (χ1) is 12.1. The molecule has 0 radical (unpaired) electrons. The Hall–Kier alpha value is -1.17. The lowest BCUT2D eigenvalue weighted by Crippen LogP contribution is -2.49. The minimum Gasteiger partial charge on any atom is -0.486 e. The maximum Gasteiger partial charge on any atom is 0.223 e. The fourth-order valence-corrected chi connectivity index (χ4v) is 4.89. The predicted octanol–water partition coefficient (Wildman–Crippen LogP) is 3.30. The lowest BCUT2D eigenvalue weighted by atomic mass is 9.65. The van der Waals surface area contributed by atoms with E-state index >= 15 is 0 Å². The van der Waals surface area contributed by atoms with Gasteiger partial charge in [0.15, 0.2) is 11.5 Å². The van der Waals surface area contributed by atoms with E-state index in [1.807, 2.05) is 12.1 Å². The van der Waals surface area contributed by atoms with Gasteiger partial charge >= 0.3 is 0 Å². The quantitative estimate of drug-likeness (QED) is 0.815. The summed E-state index contributed by atoms with van der Waals surface area (Å²) in [6.07, 6.45) is 5.43. The summed E-state index contributed by atoms with van der Waals surface area (Å²) in [5.41, 5.74) is 7.25. The molecule has 2 fully saturated rings. The molecule has 1 heterocycles. The van der Waals surface area contributed by atoms with Gasteiger partial charge in [-0.05, 0) is 55.2 Å². The monoisotopic (exact) mass is 400 g/mol. The molecule has 2 saturated carbocycles. The molecule has 0 spiro atoms. The van der Waals surface area contributed by atoms with Crippen molar-refractivity contribution in [2.75, 3.05) is 13.2 Å². The largest absolute Gasteiger partial charge is 0.486 e. The van der Waals surface area contributed by atoms with E-state index in [9.17, 15) is 4.79 Å². The smallest absolute Gasteiger partial charge is 0.223 e. The van der Waals surface area contributed by atoms with Gasteiger partial charge in [-0.1, -0.05) is 18.0 Å². The van der Waals surface area contributed by atoms with Gasteiger partial charge in [-0.3, -0.25) is 4.79 Å². The molecular formula is C19H26Cl2N2O3. The molecule has 1 aromatic carbocycles. The summed E-state index contributed by atoms with van der Waals surface area (Å²) < 4.78 is 11.1. The summed E-state index contributed by atoms with van der Waals surface area (Å²) in [4.78, 5) is 12.6. The molecule has 2 unspecified atom stereocenters. The van der Waals surface area contributed by atoms with Crippen molar-refractivity contribution in [3.63, 3.8) is 0 Å². The van der Waals surface area contributed by atoms with E-state index in [1.165, 1.54) is 19.3 Å². The van der Waals surface area contributed by atoms with Gasteiger partial charge in [0, 0.05) is 18.5 Å². The Balaban J connectivity index is 0.00000196. The fraction of sp³-hybridized carbons (Fsp3) is 0.632. The first kappa shape index (κ1) is 19.6. The van der Waals surface area contributed by atoms with Crippen molar-refractivity contribution in [3.05, 3.63) is 22.7 Å². The third-order valence-electron chi connectivity index (χ3n) is 5.91. The predicted molar refractivity (Wildman–Crippen MR) is 103 cm³/mol. The van der Waals surface area contributed by atoms with Crippen LogP contribution >= 0.6 is 24.0 Å².